The van der Waals surface area contributed by atoms with E-state index in [-0.39, 0.29) is 12.7 Å². The van der Waals surface area contributed by atoms with Crippen molar-refractivity contribution in [3.8, 4) is 11.5 Å². The summed E-state index contributed by atoms with van der Waals surface area (Å²) in [5, 5.41) is 5.61. The SMILES string of the molecule is Cc1cc(CN(Cc2ccc3c(c2)OCO3)C(=O)c2cc3ccccc3n2C)nn1C. The van der Waals surface area contributed by atoms with E-state index in [9.17, 15) is 4.79 Å². The van der Waals surface area contributed by atoms with Gasteiger partial charge in [0.2, 0.25) is 6.79 Å². The molecular formula is C24H24N4O3. The van der Waals surface area contributed by atoms with E-state index in [2.05, 4.69) is 5.10 Å². The van der Waals surface area contributed by atoms with Crippen LogP contribution < -0.4 is 9.47 Å². The zero-order valence-electron chi connectivity index (χ0n) is 17.8. The molecule has 0 radical (unpaired) electrons. The Morgan fingerprint density at radius 3 is 2.61 bits per heavy atom. The van der Waals surface area contributed by atoms with Crippen molar-refractivity contribution >= 4 is 16.8 Å². The Morgan fingerprint density at radius 1 is 1.03 bits per heavy atom. The molecule has 4 aromatic rings. The number of hydrogen-bond acceptors (Lipinski definition) is 4. The van der Waals surface area contributed by atoms with Crippen LogP contribution in [-0.4, -0.2) is 31.9 Å². The first-order valence-electron chi connectivity index (χ1n) is 10.2. The Bertz CT molecular complexity index is 1270. The second-order valence-corrected chi connectivity index (χ2v) is 7.90. The van der Waals surface area contributed by atoms with Gasteiger partial charge in [0, 0.05) is 37.2 Å². The fourth-order valence-corrected chi connectivity index (χ4v) is 4.02. The molecule has 0 saturated carbocycles. The summed E-state index contributed by atoms with van der Waals surface area (Å²) in [6.07, 6.45) is 0. The van der Waals surface area contributed by atoms with Crippen molar-refractivity contribution in [3.63, 3.8) is 0 Å². The molecular weight excluding hydrogens is 392 g/mol. The van der Waals surface area contributed by atoms with Crippen molar-refractivity contribution in [3.05, 3.63) is 77.2 Å². The van der Waals surface area contributed by atoms with Crippen LogP contribution in [-0.2, 0) is 27.2 Å². The first kappa shape index (κ1) is 19.2. The number of ether oxygens (including phenoxy) is 2. The van der Waals surface area contributed by atoms with Gasteiger partial charge in [-0.25, -0.2) is 0 Å². The number of carbonyl (C=O) groups excluding carboxylic acids is 1. The molecule has 5 rings (SSSR count). The van der Waals surface area contributed by atoms with Gasteiger partial charge in [-0.3, -0.25) is 9.48 Å². The minimum Gasteiger partial charge on any atom is -0.454 e. The number of para-hydroxylation sites is 1. The van der Waals surface area contributed by atoms with Crippen LogP contribution in [0.3, 0.4) is 0 Å². The van der Waals surface area contributed by atoms with E-state index in [1.54, 1.807) is 0 Å². The highest BCUT2D eigenvalue weighted by Gasteiger charge is 2.23. The van der Waals surface area contributed by atoms with Crippen LogP contribution in [0, 0.1) is 6.92 Å². The summed E-state index contributed by atoms with van der Waals surface area (Å²) in [7, 11) is 3.84. The van der Waals surface area contributed by atoms with Gasteiger partial charge in [-0.15, -0.1) is 0 Å². The van der Waals surface area contributed by atoms with Crippen molar-refractivity contribution < 1.29 is 14.3 Å². The Morgan fingerprint density at radius 2 is 1.84 bits per heavy atom. The maximum Gasteiger partial charge on any atom is 0.271 e. The van der Waals surface area contributed by atoms with Gasteiger partial charge >= 0.3 is 0 Å². The normalized spacial score (nSPS) is 12.5. The van der Waals surface area contributed by atoms with Crippen LogP contribution in [0.2, 0.25) is 0 Å². The van der Waals surface area contributed by atoms with Crippen LogP contribution in [0.5, 0.6) is 11.5 Å². The van der Waals surface area contributed by atoms with Crippen molar-refractivity contribution in [2.75, 3.05) is 6.79 Å². The maximum absolute atomic E-state index is 13.7. The third-order valence-electron chi connectivity index (χ3n) is 5.79. The lowest BCUT2D eigenvalue weighted by Gasteiger charge is -2.22. The van der Waals surface area contributed by atoms with Gasteiger partial charge in [0.1, 0.15) is 5.69 Å². The molecule has 7 nitrogen and oxygen atoms in total. The van der Waals surface area contributed by atoms with Crippen molar-refractivity contribution in [2.24, 2.45) is 14.1 Å². The molecule has 1 aliphatic rings. The summed E-state index contributed by atoms with van der Waals surface area (Å²) >= 11 is 0. The van der Waals surface area contributed by atoms with E-state index in [0.29, 0.717) is 24.5 Å². The summed E-state index contributed by atoms with van der Waals surface area (Å²) in [4.78, 5) is 15.5. The van der Waals surface area contributed by atoms with E-state index in [1.807, 2.05) is 89.8 Å². The standard InChI is InChI=1S/C24H24N4O3/c1-16-10-19(25-27(16)3)14-28(13-17-8-9-22-23(11-17)31-15-30-22)24(29)21-12-18-6-4-5-7-20(18)26(21)2/h4-12H,13-15H2,1-3H3. The van der Waals surface area contributed by atoms with Gasteiger partial charge < -0.3 is 18.9 Å². The van der Waals surface area contributed by atoms with E-state index in [1.165, 1.54) is 0 Å². The molecule has 0 aliphatic carbocycles. The van der Waals surface area contributed by atoms with Gasteiger partial charge in [-0.2, -0.15) is 5.10 Å². The number of aryl methyl sites for hydroxylation is 3. The molecule has 2 aromatic carbocycles. The fraction of sp³-hybridized carbons (Fsp3) is 0.250. The number of carbonyl (C=O) groups is 1. The second-order valence-electron chi connectivity index (χ2n) is 7.90. The Labute approximate surface area is 180 Å². The number of hydrogen-bond donors (Lipinski definition) is 0. The van der Waals surface area contributed by atoms with Gasteiger partial charge in [0.25, 0.3) is 5.91 Å². The minimum absolute atomic E-state index is 0.0420. The Hall–Kier alpha value is -3.74. The van der Waals surface area contributed by atoms with Crippen molar-refractivity contribution in [1.82, 2.24) is 19.2 Å². The number of benzene rings is 2. The number of rotatable bonds is 5. The zero-order chi connectivity index (χ0) is 21.5. The highest BCUT2D eigenvalue weighted by molar-refractivity contribution is 5.98. The second kappa shape index (κ2) is 7.50. The van der Waals surface area contributed by atoms with Crippen LogP contribution in [0.15, 0.2) is 54.6 Å². The predicted octanol–water partition coefficient (Wildman–Crippen LogP) is 3.79. The van der Waals surface area contributed by atoms with Gasteiger partial charge in [0.05, 0.1) is 12.2 Å². The van der Waals surface area contributed by atoms with E-state index in [4.69, 9.17) is 9.47 Å². The van der Waals surface area contributed by atoms with Gasteiger partial charge in [0.15, 0.2) is 11.5 Å². The third-order valence-corrected chi connectivity index (χ3v) is 5.79. The van der Waals surface area contributed by atoms with E-state index >= 15 is 0 Å². The molecule has 0 unspecified atom stereocenters. The fourth-order valence-electron chi connectivity index (χ4n) is 4.02. The monoisotopic (exact) mass is 416 g/mol. The summed E-state index contributed by atoms with van der Waals surface area (Å²) in [6, 6.07) is 17.8. The summed E-state index contributed by atoms with van der Waals surface area (Å²) < 4.78 is 14.7. The molecule has 0 spiro atoms. The molecule has 1 amide bonds. The Kier molecular flexibility index (Phi) is 4.66. The molecule has 158 valence electrons. The van der Waals surface area contributed by atoms with E-state index < -0.39 is 0 Å². The minimum atomic E-state index is -0.0420. The van der Waals surface area contributed by atoms with Crippen molar-refractivity contribution in [1.29, 1.82) is 0 Å². The number of aromatic nitrogens is 3. The lowest BCUT2D eigenvalue weighted by atomic mass is 10.1. The summed E-state index contributed by atoms with van der Waals surface area (Å²) in [5.74, 6) is 1.40. The molecule has 0 saturated heterocycles. The highest BCUT2D eigenvalue weighted by atomic mass is 16.7. The largest absolute Gasteiger partial charge is 0.454 e. The van der Waals surface area contributed by atoms with Gasteiger partial charge in [-0.05, 0) is 42.8 Å². The first-order chi connectivity index (χ1) is 15.0. The topological polar surface area (TPSA) is 61.5 Å². The molecule has 0 fully saturated rings. The van der Waals surface area contributed by atoms with Crippen LogP contribution >= 0.6 is 0 Å². The molecule has 0 bridgehead atoms. The predicted molar refractivity (Wildman–Crippen MR) is 117 cm³/mol. The van der Waals surface area contributed by atoms with Crippen molar-refractivity contribution in [2.45, 2.75) is 20.0 Å². The summed E-state index contributed by atoms with van der Waals surface area (Å²) in [5.41, 5.74) is 4.56. The van der Waals surface area contributed by atoms with Crippen LogP contribution in [0.1, 0.15) is 27.4 Å². The molecule has 0 N–H and O–H groups in total. The maximum atomic E-state index is 13.7. The highest BCUT2D eigenvalue weighted by Crippen LogP contribution is 2.33. The lowest BCUT2D eigenvalue weighted by molar-refractivity contribution is 0.0718. The average molecular weight is 416 g/mol. The number of amides is 1. The van der Waals surface area contributed by atoms with E-state index in [0.717, 1.165) is 33.6 Å². The number of fused-ring (bicyclic) bond motifs is 2. The smallest absolute Gasteiger partial charge is 0.271 e. The summed E-state index contributed by atoms with van der Waals surface area (Å²) in [6.45, 7) is 3.08. The average Bonchev–Trinajstić information content (AvgIpc) is 3.45. The molecule has 2 aromatic heterocycles. The lowest BCUT2D eigenvalue weighted by Crippen LogP contribution is -2.31. The molecule has 1 aliphatic heterocycles. The quantitative estimate of drug-likeness (QED) is 0.497. The molecule has 0 atom stereocenters. The Balaban J connectivity index is 1.50. The van der Waals surface area contributed by atoms with Crippen LogP contribution in [0.4, 0.5) is 0 Å². The molecule has 7 heteroatoms. The number of nitrogens with zero attached hydrogens (tertiary/aromatic N) is 4. The zero-order valence-corrected chi connectivity index (χ0v) is 17.8. The third kappa shape index (κ3) is 3.52. The first-order valence-corrected chi connectivity index (χ1v) is 10.2. The molecule has 31 heavy (non-hydrogen) atoms. The van der Waals surface area contributed by atoms with Crippen LogP contribution in [0.25, 0.3) is 10.9 Å². The molecule has 3 heterocycles. The van der Waals surface area contributed by atoms with Gasteiger partial charge in [-0.1, -0.05) is 24.3 Å².